The summed E-state index contributed by atoms with van der Waals surface area (Å²) >= 11 is 0. The van der Waals surface area contributed by atoms with Crippen molar-refractivity contribution in [3.63, 3.8) is 0 Å². The normalized spacial score (nSPS) is 14.5. The van der Waals surface area contributed by atoms with E-state index in [9.17, 15) is 4.79 Å². The highest BCUT2D eigenvalue weighted by atomic mass is 16.7. The number of carbonyl (C=O) groups is 1. The van der Waals surface area contributed by atoms with E-state index in [-0.39, 0.29) is 12.8 Å². The summed E-state index contributed by atoms with van der Waals surface area (Å²) in [5.41, 5.74) is 1.56. The summed E-state index contributed by atoms with van der Waals surface area (Å²) in [5.74, 6) is 1.88. The summed E-state index contributed by atoms with van der Waals surface area (Å²) in [6.07, 6.45) is 0. The van der Waals surface area contributed by atoms with Gasteiger partial charge >= 0.3 is 5.97 Å². The molecule has 3 heterocycles. The number of esters is 1. The molecular formula is C13H13N5O4. The molecule has 3 aromatic rings. The van der Waals surface area contributed by atoms with Crippen LogP contribution in [0, 0.1) is 0 Å². The minimum atomic E-state index is -0.520. The molecule has 1 aromatic carbocycles. The zero-order chi connectivity index (χ0) is 15.3. The first-order valence-corrected chi connectivity index (χ1v) is 6.68. The fourth-order valence-electron chi connectivity index (χ4n) is 2.38. The van der Waals surface area contributed by atoms with Gasteiger partial charge in [0.15, 0.2) is 11.5 Å². The van der Waals surface area contributed by atoms with Gasteiger partial charge in [0.05, 0.1) is 18.1 Å². The number of hydrogen-bond donors (Lipinski definition) is 2. The number of nitrogens with one attached hydrogen (secondary N) is 2. The number of hydrogen-bond acceptors (Lipinski definition) is 7. The van der Waals surface area contributed by atoms with Crippen LogP contribution in [0.3, 0.4) is 0 Å². The van der Waals surface area contributed by atoms with Crippen LogP contribution in [-0.2, 0) is 9.53 Å². The molecule has 2 aromatic heterocycles. The van der Waals surface area contributed by atoms with E-state index in [0.29, 0.717) is 23.2 Å². The van der Waals surface area contributed by atoms with Gasteiger partial charge in [-0.15, -0.1) is 0 Å². The lowest BCUT2D eigenvalue weighted by molar-refractivity contribution is -0.141. The van der Waals surface area contributed by atoms with Crippen LogP contribution in [0.4, 0.5) is 5.95 Å². The van der Waals surface area contributed by atoms with E-state index >= 15 is 0 Å². The van der Waals surface area contributed by atoms with Gasteiger partial charge in [0, 0.05) is 12.1 Å². The molecule has 0 saturated carbocycles. The summed E-state index contributed by atoms with van der Waals surface area (Å²) in [6.45, 7) is 1.90. The third-order valence-electron chi connectivity index (χ3n) is 3.47. The molecule has 1 unspecified atom stereocenters. The summed E-state index contributed by atoms with van der Waals surface area (Å²) in [4.78, 5) is 20.2. The van der Waals surface area contributed by atoms with Gasteiger partial charge in [-0.3, -0.25) is 5.10 Å². The smallest absolute Gasteiger partial charge is 0.328 e. The summed E-state index contributed by atoms with van der Waals surface area (Å²) in [6, 6.07) is 3.13. The SMILES string of the molecule is COC(=O)C(C)Nc1nc2nc3cc4c(cc3n2[nH]1)OCO4. The molecule has 114 valence electrons. The van der Waals surface area contributed by atoms with Crippen molar-refractivity contribution in [3.8, 4) is 11.5 Å². The number of aromatic nitrogens is 4. The first-order valence-electron chi connectivity index (χ1n) is 6.68. The van der Waals surface area contributed by atoms with Gasteiger partial charge in [0.2, 0.25) is 12.7 Å². The predicted octanol–water partition coefficient (Wildman–Crippen LogP) is 0.913. The molecule has 0 amide bonds. The van der Waals surface area contributed by atoms with E-state index in [2.05, 4.69) is 25.1 Å². The van der Waals surface area contributed by atoms with Gasteiger partial charge in [-0.1, -0.05) is 0 Å². The quantitative estimate of drug-likeness (QED) is 0.693. The number of H-pyrrole nitrogens is 1. The Kier molecular flexibility index (Phi) is 2.62. The van der Waals surface area contributed by atoms with Crippen molar-refractivity contribution in [2.24, 2.45) is 0 Å². The van der Waals surface area contributed by atoms with Crippen molar-refractivity contribution in [1.29, 1.82) is 0 Å². The van der Waals surface area contributed by atoms with E-state index < -0.39 is 6.04 Å². The highest BCUT2D eigenvalue weighted by Crippen LogP contribution is 2.35. The first-order chi connectivity index (χ1) is 10.7. The highest BCUT2D eigenvalue weighted by Gasteiger charge is 2.20. The van der Waals surface area contributed by atoms with Crippen LogP contribution in [0.5, 0.6) is 11.5 Å². The fraction of sp³-hybridized carbons (Fsp3) is 0.308. The molecule has 1 atom stereocenters. The van der Waals surface area contributed by atoms with Crippen molar-refractivity contribution in [1.82, 2.24) is 19.6 Å². The minimum absolute atomic E-state index is 0.210. The average molecular weight is 303 g/mol. The Morgan fingerprint density at radius 2 is 2.18 bits per heavy atom. The maximum atomic E-state index is 11.4. The van der Waals surface area contributed by atoms with Gasteiger partial charge in [0.25, 0.3) is 5.78 Å². The molecular weight excluding hydrogens is 290 g/mol. The number of aromatic amines is 1. The standard InChI is InChI=1S/C13H13N5O4/c1-6(11(19)20-2)14-12-16-13-15-7-3-9-10(22-5-21-9)4-8(7)18(13)17-12/h3-4,6H,5H2,1-2H3,(H2,14,15,16,17). The molecule has 1 aliphatic rings. The molecule has 0 bridgehead atoms. The second-order valence-corrected chi connectivity index (χ2v) is 4.90. The number of fused-ring (bicyclic) bond motifs is 4. The molecule has 1 aliphatic heterocycles. The monoisotopic (exact) mass is 303 g/mol. The van der Waals surface area contributed by atoms with Crippen LogP contribution in [0.1, 0.15) is 6.92 Å². The number of ether oxygens (including phenoxy) is 3. The number of nitrogens with zero attached hydrogens (tertiary/aromatic N) is 3. The third-order valence-corrected chi connectivity index (χ3v) is 3.47. The number of carbonyl (C=O) groups excluding carboxylic acids is 1. The Morgan fingerprint density at radius 3 is 2.95 bits per heavy atom. The molecule has 4 rings (SSSR count). The van der Waals surface area contributed by atoms with Crippen LogP contribution in [0.2, 0.25) is 0 Å². The van der Waals surface area contributed by atoms with Gasteiger partial charge in [0.1, 0.15) is 6.04 Å². The average Bonchev–Trinajstić information content (AvgIpc) is 3.17. The van der Waals surface area contributed by atoms with E-state index in [0.717, 1.165) is 11.0 Å². The predicted molar refractivity (Wildman–Crippen MR) is 76.1 cm³/mol. The largest absolute Gasteiger partial charge is 0.467 e. The Morgan fingerprint density at radius 1 is 1.41 bits per heavy atom. The molecule has 9 heteroatoms. The lowest BCUT2D eigenvalue weighted by atomic mass is 10.3. The second-order valence-electron chi connectivity index (χ2n) is 4.90. The van der Waals surface area contributed by atoms with Crippen LogP contribution >= 0.6 is 0 Å². The van der Waals surface area contributed by atoms with Crippen molar-refractivity contribution >= 4 is 28.7 Å². The Hall–Kier alpha value is -2.97. The first kappa shape index (κ1) is 12.7. The second kappa shape index (κ2) is 4.52. The Bertz CT molecular complexity index is 883. The van der Waals surface area contributed by atoms with E-state index in [1.807, 2.05) is 12.1 Å². The van der Waals surface area contributed by atoms with Gasteiger partial charge < -0.3 is 19.5 Å². The van der Waals surface area contributed by atoms with Gasteiger partial charge in [-0.05, 0) is 6.92 Å². The Labute approximate surface area is 124 Å². The van der Waals surface area contributed by atoms with Crippen molar-refractivity contribution in [2.75, 3.05) is 19.2 Å². The maximum Gasteiger partial charge on any atom is 0.328 e. The van der Waals surface area contributed by atoms with Crippen LogP contribution in [0.25, 0.3) is 16.8 Å². The molecule has 2 N–H and O–H groups in total. The number of imidazole rings is 1. The molecule has 0 saturated heterocycles. The summed E-state index contributed by atoms with van der Waals surface area (Å²) in [7, 11) is 1.34. The topological polar surface area (TPSA) is 103 Å². The Balaban J connectivity index is 1.74. The van der Waals surface area contributed by atoms with Crippen molar-refractivity contribution in [2.45, 2.75) is 13.0 Å². The highest BCUT2D eigenvalue weighted by molar-refractivity contribution is 5.83. The van der Waals surface area contributed by atoms with Crippen LogP contribution in [-0.4, -0.2) is 45.5 Å². The molecule has 9 nitrogen and oxygen atoms in total. The molecule has 0 fully saturated rings. The molecule has 22 heavy (non-hydrogen) atoms. The lowest BCUT2D eigenvalue weighted by Gasteiger charge is -2.09. The number of benzene rings is 1. The molecule has 0 spiro atoms. The number of methoxy groups -OCH3 is 1. The van der Waals surface area contributed by atoms with Crippen LogP contribution in [0.15, 0.2) is 12.1 Å². The van der Waals surface area contributed by atoms with E-state index in [4.69, 9.17) is 9.47 Å². The van der Waals surface area contributed by atoms with Crippen LogP contribution < -0.4 is 14.8 Å². The van der Waals surface area contributed by atoms with Gasteiger partial charge in [-0.2, -0.15) is 4.98 Å². The van der Waals surface area contributed by atoms with E-state index in [1.165, 1.54) is 7.11 Å². The summed E-state index contributed by atoms with van der Waals surface area (Å²) < 4.78 is 17.1. The van der Waals surface area contributed by atoms with Crippen molar-refractivity contribution < 1.29 is 19.0 Å². The number of anilines is 1. The zero-order valence-electron chi connectivity index (χ0n) is 11.9. The lowest BCUT2D eigenvalue weighted by Crippen LogP contribution is -2.27. The van der Waals surface area contributed by atoms with Crippen molar-refractivity contribution in [3.05, 3.63) is 12.1 Å². The zero-order valence-corrected chi connectivity index (χ0v) is 11.9. The molecule has 0 radical (unpaired) electrons. The molecule has 0 aliphatic carbocycles. The van der Waals surface area contributed by atoms with Gasteiger partial charge in [-0.25, -0.2) is 14.3 Å². The van der Waals surface area contributed by atoms with E-state index in [1.54, 1.807) is 11.4 Å². The number of rotatable bonds is 3. The minimum Gasteiger partial charge on any atom is -0.467 e. The third kappa shape index (κ3) is 1.82. The fourth-order valence-corrected chi connectivity index (χ4v) is 2.38. The maximum absolute atomic E-state index is 11.4. The summed E-state index contributed by atoms with van der Waals surface area (Å²) in [5, 5.41) is 5.97.